The molecule has 0 spiro atoms. The van der Waals surface area contributed by atoms with Crippen molar-refractivity contribution in [3.05, 3.63) is 76.3 Å². The minimum Gasteiger partial charge on any atom is -0.284 e. The van der Waals surface area contributed by atoms with Crippen molar-refractivity contribution in [2.24, 2.45) is 0 Å². The maximum absolute atomic E-state index is 12.9. The average molecular weight is 431 g/mol. The van der Waals surface area contributed by atoms with Crippen molar-refractivity contribution in [2.75, 3.05) is 13.1 Å². The number of aromatic amines is 1. The number of piperidine rings is 1. The van der Waals surface area contributed by atoms with Crippen molar-refractivity contribution in [3.63, 3.8) is 0 Å². The fourth-order valence-corrected chi connectivity index (χ4v) is 5.51. The average Bonchev–Trinajstić information content (AvgIpc) is 3.25. The summed E-state index contributed by atoms with van der Waals surface area (Å²) in [5, 5.41) is 7.11. The van der Waals surface area contributed by atoms with Crippen LogP contribution in [0.4, 0.5) is 0 Å². The summed E-state index contributed by atoms with van der Waals surface area (Å²) in [5.74, 6) is 0.0651. The molecule has 3 heterocycles. The monoisotopic (exact) mass is 430 g/mol. The largest absolute Gasteiger partial charge is 0.284 e. The van der Waals surface area contributed by atoms with Crippen LogP contribution in [0.25, 0.3) is 0 Å². The third-order valence-electron chi connectivity index (χ3n) is 5.30. The minimum atomic E-state index is -3.54. The van der Waals surface area contributed by atoms with Gasteiger partial charge in [0.25, 0.3) is 0 Å². The van der Waals surface area contributed by atoms with Crippen LogP contribution >= 0.6 is 11.6 Å². The maximum Gasteiger partial charge on any atom is 0.246 e. The molecule has 0 radical (unpaired) electrons. The second-order valence-corrected chi connectivity index (χ2v) is 9.79. The van der Waals surface area contributed by atoms with Gasteiger partial charge >= 0.3 is 0 Å². The third kappa shape index (κ3) is 4.37. The highest BCUT2D eigenvalue weighted by Gasteiger charge is 2.32. The number of rotatable bonds is 5. The third-order valence-corrected chi connectivity index (χ3v) is 7.50. The summed E-state index contributed by atoms with van der Waals surface area (Å²) in [7, 11) is -3.54. The van der Waals surface area contributed by atoms with Gasteiger partial charge in [0.15, 0.2) is 0 Å². The highest BCUT2D eigenvalue weighted by atomic mass is 35.5. The van der Waals surface area contributed by atoms with Gasteiger partial charge in [-0.25, -0.2) is 8.42 Å². The quantitative estimate of drug-likeness (QED) is 0.665. The Labute approximate surface area is 176 Å². The SMILES string of the molecule is Cc1cc(Cc2ccccc2Cl)cc(C2CCCN(S(=O)(=O)c3cn[nH]c3)C2)n1. The summed E-state index contributed by atoms with van der Waals surface area (Å²) >= 11 is 6.32. The lowest BCUT2D eigenvalue weighted by atomic mass is 9.93. The molecule has 1 N–H and O–H groups in total. The van der Waals surface area contributed by atoms with E-state index in [1.54, 1.807) is 4.31 Å². The zero-order valence-electron chi connectivity index (χ0n) is 16.2. The lowest BCUT2D eigenvalue weighted by Crippen LogP contribution is -2.39. The summed E-state index contributed by atoms with van der Waals surface area (Å²) in [5.41, 5.74) is 4.08. The van der Waals surface area contributed by atoms with Gasteiger partial charge < -0.3 is 0 Å². The molecular formula is C21H23ClN4O2S. The number of aryl methyl sites for hydroxylation is 1. The first kappa shape index (κ1) is 20.1. The van der Waals surface area contributed by atoms with Crippen LogP contribution in [0.2, 0.25) is 5.02 Å². The van der Waals surface area contributed by atoms with Gasteiger partial charge in [-0.2, -0.15) is 9.40 Å². The zero-order chi connectivity index (χ0) is 20.4. The van der Waals surface area contributed by atoms with E-state index in [1.807, 2.05) is 31.2 Å². The molecule has 8 heteroatoms. The molecule has 0 aliphatic carbocycles. The number of hydrogen-bond donors (Lipinski definition) is 1. The normalized spacial score (nSPS) is 18.1. The van der Waals surface area contributed by atoms with Gasteiger partial charge in [0, 0.05) is 41.6 Å². The topological polar surface area (TPSA) is 79.0 Å². The number of aromatic nitrogens is 3. The molecule has 4 rings (SSSR count). The molecule has 1 aliphatic rings. The summed E-state index contributed by atoms with van der Waals surface area (Å²) in [4.78, 5) is 4.93. The molecule has 152 valence electrons. The van der Waals surface area contributed by atoms with Crippen LogP contribution in [0.1, 0.15) is 41.3 Å². The van der Waals surface area contributed by atoms with Crippen LogP contribution in [0.15, 0.2) is 53.7 Å². The predicted molar refractivity (Wildman–Crippen MR) is 113 cm³/mol. The van der Waals surface area contributed by atoms with E-state index in [0.29, 0.717) is 13.1 Å². The Morgan fingerprint density at radius 1 is 1.28 bits per heavy atom. The van der Waals surface area contributed by atoms with Crippen molar-refractivity contribution >= 4 is 21.6 Å². The molecular weight excluding hydrogens is 408 g/mol. The first-order valence-corrected chi connectivity index (χ1v) is 11.4. The van der Waals surface area contributed by atoms with Gasteiger partial charge in [0.05, 0.1) is 6.20 Å². The molecule has 29 heavy (non-hydrogen) atoms. The van der Waals surface area contributed by atoms with Crippen LogP contribution in [0, 0.1) is 6.92 Å². The zero-order valence-corrected chi connectivity index (χ0v) is 17.7. The lowest BCUT2D eigenvalue weighted by molar-refractivity contribution is 0.312. The van der Waals surface area contributed by atoms with Crippen molar-refractivity contribution < 1.29 is 8.42 Å². The number of pyridine rings is 1. The number of halogens is 1. The minimum absolute atomic E-state index is 0.0651. The highest BCUT2D eigenvalue weighted by molar-refractivity contribution is 7.89. The van der Waals surface area contributed by atoms with Crippen LogP contribution in [0.3, 0.4) is 0 Å². The van der Waals surface area contributed by atoms with E-state index in [4.69, 9.17) is 16.6 Å². The summed E-state index contributed by atoms with van der Waals surface area (Å²) < 4.78 is 27.3. The van der Waals surface area contributed by atoms with Gasteiger partial charge in [-0.05, 0) is 55.5 Å². The predicted octanol–water partition coefficient (Wildman–Crippen LogP) is 3.93. The van der Waals surface area contributed by atoms with Crippen LogP contribution in [-0.2, 0) is 16.4 Å². The Bertz CT molecular complexity index is 1100. The van der Waals surface area contributed by atoms with Crippen molar-refractivity contribution in [1.82, 2.24) is 19.5 Å². The number of nitrogens with one attached hydrogen (secondary N) is 1. The molecule has 1 fully saturated rings. The first-order valence-electron chi connectivity index (χ1n) is 9.63. The molecule has 1 aliphatic heterocycles. The highest BCUT2D eigenvalue weighted by Crippen LogP contribution is 2.30. The second kappa shape index (κ2) is 8.26. The number of H-pyrrole nitrogens is 1. The molecule has 0 saturated carbocycles. The molecule has 0 bridgehead atoms. The molecule has 1 unspecified atom stereocenters. The molecule has 6 nitrogen and oxygen atoms in total. The summed E-state index contributed by atoms with van der Waals surface area (Å²) in [6, 6.07) is 12.0. The van der Waals surface area contributed by atoms with Crippen LogP contribution < -0.4 is 0 Å². The van der Waals surface area contributed by atoms with E-state index in [1.165, 1.54) is 12.4 Å². The van der Waals surface area contributed by atoms with E-state index in [-0.39, 0.29) is 10.8 Å². The molecule has 1 atom stereocenters. The smallest absolute Gasteiger partial charge is 0.246 e. The van der Waals surface area contributed by atoms with Crippen LogP contribution in [0.5, 0.6) is 0 Å². The molecule has 1 aromatic carbocycles. The van der Waals surface area contributed by atoms with Gasteiger partial charge in [0.1, 0.15) is 4.90 Å². The van der Waals surface area contributed by atoms with Gasteiger partial charge in [-0.1, -0.05) is 29.8 Å². The van der Waals surface area contributed by atoms with Crippen molar-refractivity contribution in [3.8, 4) is 0 Å². The Kier molecular flexibility index (Phi) is 5.72. The molecule has 2 aromatic heterocycles. The molecule has 3 aromatic rings. The van der Waals surface area contributed by atoms with E-state index >= 15 is 0 Å². The first-order chi connectivity index (χ1) is 13.9. The number of sulfonamides is 1. The maximum atomic E-state index is 12.9. The van der Waals surface area contributed by atoms with Crippen molar-refractivity contribution in [1.29, 1.82) is 0 Å². The fraction of sp³-hybridized carbons (Fsp3) is 0.333. The van der Waals surface area contributed by atoms with E-state index < -0.39 is 10.0 Å². The Hall–Kier alpha value is -2.22. The number of nitrogens with zero attached hydrogens (tertiary/aromatic N) is 3. The molecule has 0 amide bonds. The summed E-state index contributed by atoms with van der Waals surface area (Å²) in [6.45, 7) is 2.92. The van der Waals surface area contributed by atoms with Crippen LogP contribution in [-0.4, -0.2) is 41.0 Å². The summed E-state index contributed by atoms with van der Waals surface area (Å²) in [6.07, 6.45) is 5.22. The van der Waals surface area contributed by atoms with E-state index in [9.17, 15) is 8.42 Å². The molecule has 1 saturated heterocycles. The Morgan fingerprint density at radius 2 is 2.10 bits per heavy atom. The Morgan fingerprint density at radius 3 is 2.86 bits per heavy atom. The lowest BCUT2D eigenvalue weighted by Gasteiger charge is -2.31. The number of benzene rings is 1. The van der Waals surface area contributed by atoms with Crippen molar-refractivity contribution in [2.45, 2.75) is 37.0 Å². The van der Waals surface area contributed by atoms with Gasteiger partial charge in [-0.3, -0.25) is 10.1 Å². The van der Waals surface area contributed by atoms with E-state index in [2.05, 4.69) is 22.3 Å². The van der Waals surface area contributed by atoms with Gasteiger partial charge in [0.2, 0.25) is 10.0 Å². The van der Waals surface area contributed by atoms with E-state index in [0.717, 1.165) is 46.8 Å². The fourth-order valence-electron chi connectivity index (χ4n) is 3.87. The standard InChI is InChI=1S/C21H23ClN4O2S/c1-15-9-16(10-17-5-2-3-7-20(17)22)11-21(25-15)18-6-4-8-26(14-18)29(27,28)19-12-23-24-13-19/h2-3,5,7,9,11-13,18H,4,6,8,10,14H2,1H3,(H,23,24). The second-order valence-electron chi connectivity index (χ2n) is 7.45. The Balaban J connectivity index is 1.58. The number of hydrogen-bond acceptors (Lipinski definition) is 4. The van der Waals surface area contributed by atoms with Gasteiger partial charge in [-0.15, -0.1) is 0 Å².